The molecule has 0 aliphatic carbocycles. The molecular weight excluding hydrogens is 530 g/mol. The lowest BCUT2D eigenvalue weighted by Gasteiger charge is -2.02. The Labute approximate surface area is 226 Å². The van der Waals surface area contributed by atoms with Crippen molar-refractivity contribution in [3.8, 4) is 0 Å². The van der Waals surface area contributed by atoms with Gasteiger partial charge in [-0.25, -0.2) is 0 Å². The van der Waals surface area contributed by atoms with E-state index in [9.17, 15) is 19.2 Å². The molecule has 0 spiro atoms. The maximum absolute atomic E-state index is 11.6. The summed E-state index contributed by atoms with van der Waals surface area (Å²) in [5.41, 5.74) is 1.64. The van der Waals surface area contributed by atoms with E-state index in [4.69, 9.17) is 46.4 Å². The first kappa shape index (κ1) is 32.8. The van der Waals surface area contributed by atoms with Crippen LogP contribution in [0.2, 0.25) is 20.1 Å². The average Bonchev–Trinajstić information content (AvgIpc) is 2.73. The molecule has 0 unspecified atom stereocenters. The molecule has 0 aliphatic heterocycles. The highest BCUT2D eigenvalue weighted by molar-refractivity contribution is 6.35. The van der Waals surface area contributed by atoms with Crippen LogP contribution in [0.1, 0.15) is 59.1 Å². The zero-order chi connectivity index (χ0) is 26.0. The van der Waals surface area contributed by atoms with Crippen LogP contribution in [-0.2, 0) is 19.2 Å². The van der Waals surface area contributed by atoms with E-state index >= 15 is 0 Å². The summed E-state index contributed by atoms with van der Waals surface area (Å²) in [6, 6.07) is 9.79. The van der Waals surface area contributed by atoms with Crippen molar-refractivity contribution in [2.75, 3.05) is 0 Å². The normalized spacial score (nSPS) is 11.1. The first-order valence-electron chi connectivity index (χ1n) is 10.3. The molecule has 2 aromatic rings. The van der Waals surface area contributed by atoms with Crippen molar-refractivity contribution in [3.63, 3.8) is 0 Å². The van der Waals surface area contributed by atoms with Gasteiger partial charge in [0.15, 0.2) is 23.1 Å². The Balaban J connectivity index is 0.000000642. The van der Waals surface area contributed by atoms with E-state index < -0.39 is 0 Å². The summed E-state index contributed by atoms with van der Waals surface area (Å²) in [4.78, 5) is 45.9. The minimum Gasteiger partial charge on any atom is -0.294 e. The fourth-order valence-corrected chi connectivity index (χ4v) is 3.87. The van der Waals surface area contributed by atoms with E-state index in [1.165, 1.54) is 26.0 Å². The topological polar surface area (TPSA) is 68.3 Å². The summed E-state index contributed by atoms with van der Waals surface area (Å²) < 4.78 is 0. The zero-order valence-electron chi connectivity index (χ0n) is 19.2. The smallest absolute Gasteiger partial charge is 0.166 e. The quantitative estimate of drug-likeness (QED) is 0.185. The molecule has 4 nitrogen and oxygen atoms in total. The molecule has 8 heteroatoms. The number of carbonyl (C=O) groups is 4. The number of halogens is 4. The van der Waals surface area contributed by atoms with E-state index in [0.717, 1.165) is 0 Å². The molecule has 0 atom stereocenters. The Morgan fingerprint density at radius 1 is 0.600 bits per heavy atom. The molecule has 0 saturated heterocycles. The lowest BCUT2D eigenvalue weighted by Crippen LogP contribution is -2.08. The van der Waals surface area contributed by atoms with Crippen molar-refractivity contribution in [2.45, 2.75) is 48.0 Å². The van der Waals surface area contributed by atoms with Crippen LogP contribution in [0.4, 0.5) is 0 Å². The highest BCUT2D eigenvalue weighted by Gasteiger charge is 2.13. The van der Waals surface area contributed by atoms with E-state index in [1.807, 2.05) is 0 Å². The third-order valence-corrected chi connectivity index (χ3v) is 5.27. The molecule has 0 bridgehead atoms. The Hall–Kier alpha value is -2.24. The molecule has 188 valence electrons. The van der Waals surface area contributed by atoms with E-state index in [-0.39, 0.29) is 41.7 Å². The minimum atomic E-state index is -0.257. The fraction of sp³-hybridized carbons (Fsp3) is 0.259. The van der Waals surface area contributed by atoms with E-state index in [2.05, 4.69) is 0 Å². The standard InChI is InChI=1S/2C13H12Cl2O2.CH4/c2*1-3-13(17)12(8(2)16)6-9-4-10(14)7-11(15)5-9;/h2*4-7H,3H2,1-2H3;1H4/b12-6+;12-6-;. The molecule has 0 heterocycles. The summed E-state index contributed by atoms with van der Waals surface area (Å²) in [5.74, 6) is -0.886. The molecule has 35 heavy (non-hydrogen) atoms. The lowest BCUT2D eigenvalue weighted by molar-refractivity contribution is -0.121. The number of hydrogen-bond acceptors (Lipinski definition) is 4. The van der Waals surface area contributed by atoms with Gasteiger partial charge in [0.05, 0.1) is 11.1 Å². The number of benzene rings is 2. The number of rotatable bonds is 8. The van der Waals surface area contributed by atoms with Crippen LogP contribution in [0.25, 0.3) is 12.2 Å². The molecule has 0 amide bonds. The van der Waals surface area contributed by atoms with Crippen molar-refractivity contribution in [1.82, 2.24) is 0 Å². The predicted molar refractivity (Wildman–Crippen MR) is 148 cm³/mol. The fourth-order valence-electron chi connectivity index (χ4n) is 2.79. The second-order valence-corrected chi connectivity index (χ2v) is 8.93. The molecule has 0 saturated carbocycles. The Bertz CT molecular complexity index is 1030. The third-order valence-electron chi connectivity index (χ3n) is 4.39. The molecule has 0 aromatic heterocycles. The molecule has 0 fully saturated rings. The second-order valence-electron chi connectivity index (χ2n) is 7.19. The van der Waals surface area contributed by atoms with Crippen molar-refractivity contribution in [1.29, 1.82) is 0 Å². The molecule has 0 radical (unpaired) electrons. The molecule has 2 aromatic carbocycles. The number of hydrogen-bond donors (Lipinski definition) is 0. The largest absolute Gasteiger partial charge is 0.294 e. The van der Waals surface area contributed by atoms with Gasteiger partial charge < -0.3 is 0 Å². The first-order chi connectivity index (χ1) is 15.9. The second kappa shape index (κ2) is 15.7. The van der Waals surface area contributed by atoms with Gasteiger partial charge in [-0.15, -0.1) is 0 Å². The average molecular weight is 558 g/mol. The Kier molecular flexibility index (Phi) is 14.7. The van der Waals surface area contributed by atoms with Crippen LogP contribution in [-0.4, -0.2) is 23.1 Å². The highest BCUT2D eigenvalue weighted by atomic mass is 35.5. The predicted octanol–water partition coefficient (Wildman–Crippen LogP) is 8.53. The summed E-state index contributed by atoms with van der Waals surface area (Å²) in [6.07, 6.45) is 3.62. The number of Topliss-reactive ketones (excluding diaryl/α,β-unsaturated/α-hetero) is 4. The monoisotopic (exact) mass is 556 g/mol. The van der Waals surface area contributed by atoms with Crippen molar-refractivity contribution in [2.24, 2.45) is 0 Å². The van der Waals surface area contributed by atoms with Crippen molar-refractivity contribution in [3.05, 3.63) is 78.8 Å². The van der Waals surface area contributed by atoms with E-state index in [1.54, 1.807) is 50.2 Å². The van der Waals surface area contributed by atoms with Crippen LogP contribution in [0.5, 0.6) is 0 Å². The highest BCUT2D eigenvalue weighted by Crippen LogP contribution is 2.22. The van der Waals surface area contributed by atoms with Gasteiger partial charge in [-0.3, -0.25) is 19.2 Å². The SMILES string of the molecule is C.CCC(=O)/C(=C/c1cc(Cl)cc(Cl)c1)C(C)=O.CCC(=O)/C(=C\c1cc(Cl)cc(Cl)c1)C(C)=O. The van der Waals surface area contributed by atoms with Crippen molar-refractivity contribution >= 4 is 81.7 Å². The first-order valence-corrected chi connectivity index (χ1v) is 11.8. The molecule has 0 N–H and O–H groups in total. The number of carbonyl (C=O) groups excluding carboxylic acids is 4. The molecular formula is C27H28Cl4O4. The summed E-state index contributed by atoms with van der Waals surface area (Å²) in [7, 11) is 0. The third kappa shape index (κ3) is 11.4. The maximum atomic E-state index is 11.6. The van der Waals surface area contributed by atoms with Gasteiger partial charge >= 0.3 is 0 Å². The van der Waals surface area contributed by atoms with Gasteiger partial charge in [-0.2, -0.15) is 0 Å². The zero-order valence-corrected chi connectivity index (χ0v) is 22.2. The number of allylic oxidation sites excluding steroid dienone is 2. The summed E-state index contributed by atoms with van der Waals surface area (Å²) in [6.45, 7) is 6.16. The summed E-state index contributed by atoms with van der Waals surface area (Å²) >= 11 is 23.4. The van der Waals surface area contributed by atoms with E-state index in [0.29, 0.717) is 44.1 Å². The van der Waals surface area contributed by atoms with Crippen molar-refractivity contribution < 1.29 is 19.2 Å². The maximum Gasteiger partial charge on any atom is 0.166 e. The minimum absolute atomic E-state index is 0. The van der Waals surface area contributed by atoms with Gasteiger partial charge in [0.2, 0.25) is 0 Å². The number of ketones is 4. The van der Waals surface area contributed by atoms with Gasteiger partial charge in [-0.05, 0) is 73.5 Å². The molecule has 2 rings (SSSR count). The van der Waals surface area contributed by atoms with Crippen LogP contribution in [0.3, 0.4) is 0 Å². The van der Waals surface area contributed by atoms with Gasteiger partial charge in [0.25, 0.3) is 0 Å². The van der Waals surface area contributed by atoms with Crippen LogP contribution < -0.4 is 0 Å². The van der Waals surface area contributed by atoms with Gasteiger partial charge in [0, 0.05) is 32.9 Å². The van der Waals surface area contributed by atoms with Gasteiger partial charge in [-0.1, -0.05) is 67.7 Å². The Morgan fingerprint density at radius 2 is 0.857 bits per heavy atom. The molecule has 0 aliphatic rings. The summed E-state index contributed by atoms with van der Waals surface area (Å²) in [5, 5.41) is 1.87. The van der Waals surface area contributed by atoms with Crippen LogP contribution >= 0.6 is 46.4 Å². The Morgan fingerprint density at radius 3 is 1.06 bits per heavy atom. The van der Waals surface area contributed by atoms with Crippen LogP contribution in [0.15, 0.2) is 47.5 Å². The lowest BCUT2D eigenvalue weighted by atomic mass is 10.0. The van der Waals surface area contributed by atoms with Gasteiger partial charge in [0.1, 0.15) is 0 Å². The van der Waals surface area contributed by atoms with Crippen LogP contribution in [0, 0.1) is 0 Å².